The molecule has 30 heavy (non-hydrogen) atoms. The Bertz CT molecular complexity index is 1070. The van der Waals surface area contributed by atoms with Gasteiger partial charge in [-0.05, 0) is 49.4 Å². The van der Waals surface area contributed by atoms with Crippen molar-refractivity contribution >= 4 is 22.9 Å². The average Bonchev–Trinajstić information content (AvgIpc) is 3.06. The number of Topliss-reactive ketones (excluding diaryl/α,β-unsaturated/α-hetero) is 1. The number of hydrogen-bond acceptors (Lipinski definition) is 5. The second-order valence-electron chi connectivity index (χ2n) is 8.12. The van der Waals surface area contributed by atoms with Gasteiger partial charge in [0.05, 0.1) is 11.0 Å². The minimum atomic E-state index is -0.266. The molecule has 0 saturated carbocycles. The molecule has 0 aliphatic carbocycles. The highest BCUT2D eigenvalue weighted by Gasteiger charge is 2.45. The van der Waals surface area contributed by atoms with Crippen LogP contribution in [0.4, 0.5) is 4.79 Å². The van der Waals surface area contributed by atoms with Gasteiger partial charge in [-0.15, -0.1) is 0 Å². The molecule has 6 nitrogen and oxygen atoms in total. The molecule has 6 heteroatoms. The highest BCUT2D eigenvalue weighted by molar-refractivity contribution is 6.00. The Morgan fingerprint density at radius 2 is 1.63 bits per heavy atom. The van der Waals surface area contributed by atoms with E-state index in [1.54, 1.807) is 12.4 Å². The molecule has 152 valence electrons. The molecular formula is C24H23N3O3. The topological polar surface area (TPSA) is 72.4 Å². The van der Waals surface area contributed by atoms with Crippen molar-refractivity contribution in [3.05, 3.63) is 72.1 Å². The monoisotopic (exact) mass is 401 g/mol. The van der Waals surface area contributed by atoms with Gasteiger partial charge in [-0.25, -0.2) is 4.79 Å². The SMILES string of the molecule is O=C(c1ccc2nccnc2c1)C1CC2CCC(C1)N2C(=O)OCc1ccccc1. The summed E-state index contributed by atoms with van der Waals surface area (Å²) in [7, 11) is 0. The number of carbonyl (C=O) groups excluding carboxylic acids is 2. The van der Waals surface area contributed by atoms with Crippen molar-refractivity contribution in [2.75, 3.05) is 0 Å². The van der Waals surface area contributed by atoms with Crippen LogP contribution in [0.5, 0.6) is 0 Å². The van der Waals surface area contributed by atoms with Crippen LogP contribution in [0.2, 0.25) is 0 Å². The standard InChI is InChI=1S/C24H23N3O3/c28-23(17-6-9-21-22(14-17)26-11-10-25-21)18-12-19-7-8-20(13-18)27(19)24(29)30-15-16-4-2-1-3-5-16/h1-6,9-11,14,18-20H,7-8,12-13,15H2. The van der Waals surface area contributed by atoms with Crippen LogP contribution in [0.3, 0.4) is 0 Å². The Balaban J connectivity index is 1.26. The van der Waals surface area contributed by atoms with Crippen molar-refractivity contribution in [2.24, 2.45) is 5.92 Å². The first-order valence-electron chi connectivity index (χ1n) is 10.4. The van der Waals surface area contributed by atoms with Gasteiger partial charge in [0, 0.05) is 36.0 Å². The van der Waals surface area contributed by atoms with Crippen LogP contribution in [-0.4, -0.2) is 38.8 Å². The molecule has 2 fully saturated rings. The van der Waals surface area contributed by atoms with Gasteiger partial charge in [-0.2, -0.15) is 0 Å². The Labute approximate surface area is 174 Å². The lowest BCUT2D eigenvalue weighted by atomic mass is 9.85. The first-order chi connectivity index (χ1) is 14.7. The van der Waals surface area contributed by atoms with Crippen molar-refractivity contribution in [3.63, 3.8) is 0 Å². The second kappa shape index (κ2) is 7.86. The molecule has 2 aromatic carbocycles. The molecule has 0 radical (unpaired) electrons. The van der Waals surface area contributed by atoms with E-state index in [0.29, 0.717) is 18.4 Å². The number of amides is 1. The van der Waals surface area contributed by atoms with Gasteiger partial charge in [0.25, 0.3) is 0 Å². The summed E-state index contributed by atoms with van der Waals surface area (Å²) < 4.78 is 5.56. The third-order valence-corrected chi connectivity index (χ3v) is 6.27. The molecule has 2 aliphatic heterocycles. The fraction of sp³-hybridized carbons (Fsp3) is 0.333. The van der Waals surface area contributed by atoms with Crippen molar-refractivity contribution in [3.8, 4) is 0 Å². The van der Waals surface area contributed by atoms with Crippen LogP contribution < -0.4 is 0 Å². The van der Waals surface area contributed by atoms with Crippen molar-refractivity contribution in [1.29, 1.82) is 0 Å². The van der Waals surface area contributed by atoms with E-state index in [9.17, 15) is 9.59 Å². The third-order valence-electron chi connectivity index (χ3n) is 6.27. The quantitative estimate of drug-likeness (QED) is 0.606. The predicted octanol–water partition coefficient (Wildman–Crippen LogP) is 4.39. The van der Waals surface area contributed by atoms with E-state index in [1.165, 1.54) is 0 Å². The lowest BCUT2D eigenvalue weighted by Gasteiger charge is -2.37. The minimum absolute atomic E-state index is 0.0706. The number of ketones is 1. The molecule has 3 aromatic rings. The lowest BCUT2D eigenvalue weighted by molar-refractivity contribution is 0.0485. The number of hydrogen-bond donors (Lipinski definition) is 0. The van der Waals surface area contributed by atoms with E-state index in [-0.39, 0.29) is 36.5 Å². The Morgan fingerprint density at radius 3 is 2.37 bits per heavy atom. The molecular weight excluding hydrogens is 378 g/mol. The maximum atomic E-state index is 13.2. The number of fused-ring (bicyclic) bond motifs is 3. The summed E-state index contributed by atoms with van der Waals surface area (Å²) in [5.41, 5.74) is 3.16. The summed E-state index contributed by atoms with van der Waals surface area (Å²) >= 11 is 0. The maximum absolute atomic E-state index is 13.2. The molecule has 2 bridgehead atoms. The average molecular weight is 401 g/mol. The smallest absolute Gasteiger partial charge is 0.410 e. The van der Waals surface area contributed by atoms with E-state index >= 15 is 0 Å². The number of rotatable bonds is 4. The van der Waals surface area contributed by atoms with Crippen LogP contribution in [-0.2, 0) is 11.3 Å². The molecule has 5 rings (SSSR count). The van der Waals surface area contributed by atoms with Gasteiger partial charge in [0.15, 0.2) is 5.78 Å². The van der Waals surface area contributed by atoms with Crippen molar-refractivity contribution < 1.29 is 14.3 Å². The van der Waals surface area contributed by atoms with Gasteiger partial charge in [0.2, 0.25) is 0 Å². The number of nitrogens with zero attached hydrogens (tertiary/aromatic N) is 3. The zero-order chi connectivity index (χ0) is 20.5. The fourth-order valence-corrected chi connectivity index (χ4v) is 4.84. The van der Waals surface area contributed by atoms with Crippen LogP contribution in [0.25, 0.3) is 11.0 Å². The molecule has 2 atom stereocenters. The van der Waals surface area contributed by atoms with E-state index in [1.807, 2.05) is 53.4 Å². The number of benzene rings is 2. The molecule has 2 saturated heterocycles. The summed E-state index contributed by atoms with van der Waals surface area (Å²) in [6.07, 6.45) is 6.25. The summed E-state index contributed by atoms with van der Waals surface area (Å²) in [6.45, 7) is 0.274. The number of carbonyl (C=O) groups is 2. The predicted molar refractivity (Wildman–Crippen MR) is 112 cm³/mol. The maximum Gasteiger partial charge on any atom is 0.410 e. The van der Waals surface area contributed by atoms with Gasteiger partial charge >= 0.3 is 6.09 Å². The Kier molecular flexibility index (Phi) is 4.91. The Hall–Kier alpha value is -3.28. The fourth-order valence-electron chi connectivity index (χ4n) is 4.84. The third kappa shape index (κ3) is 3.54. The Morgan fingerprint density at radius 1 is 0.933 bits per heavy atom. The zero-order valence-corrected chi connectivity index (χ0v) is 16.6. The van der Waals surface area contributed by atoms with Crippen LogP contribution >= 0.6 is 0 Å². The molecule has 0 spiro atoms. The number of piperidine rings is 1. The summed E-state index contributed by atoms with van der Waals surface area (Å²) in [6, 6.07) is 15.3. The van der Waals surface area contributed by atoms with Gasteiger partial charge in [0.1, 0.15) is 6.61 Å². The highest BCUT2D eigenvalue weighted by atomic mass is 16.6. The van der Waals surface area contributed by atoms with Crippen LogP contribution in [0.15, 0.2) is 60.9 Å². The molecule has 2 aliphatic rings. The first kappa shape index (κ1) is 18.7. The summed E-state index contributed by atoms with van der Waals surface area (Å²) in [4.78, 5) is 36.3. The molecule has 2 unspecified atom stereocenters. The summed E-state index contributed by atoms with van der Waals surface area (Å²) in [5.74, 6) is 0.0616. The molecule has 0 N–H and O–H groups in total. The van der Waals surface area contributed by atoms with Crippen LogP contribution in [0, 0.1) is 5.92 Å². The van der Waals surface area contributed by atoms with Crippen LogP contribution in [0.1, 0.15) is 41.6 Å². The molecule has 3 heterocycles. The largest absolute Gasteiger partial charge is 0.445 e. The number of aromatic nitrogens is 2. The van der Waals surface area contributed by atoms with E-state index in [0.717, 1.165) is 29.4 Å². The van der Waals surface area contributed by atoms with Crippen molar-refractivity contribution in [2.45, 2.75) is 44.4 Å². The molecule has 1 amide bonds. The van der Waals surface area contributed by atoms with Crippen molar-refractivity contribution in [1.82, 2.24) is 14.9 Å². The van der Waals surface area contributed by atoms with Gasteiger partial charge < -0.3 is 9.64 Å². The minimum Gasteiger partial charge on any atom is -0.445 e. The van der Waals surface area contributed by atoms with E-state index in [4.69, 9.17) is 4.74 Å². The normalized spacial score (nSPS) is 22.8. The number of ether oxygens (including phenoxy) is 1. The zero-order valence-electron chi connectivity index (χ0n) is 16.6. The van der Waals surface area contributed by atoms with E-state index < -0.39 is 0 Å². The summed E-state index contributed by atoms with van der Waals surface area (Å²) in [5, 5.41) is 0. The molecule has 1 aromatic heterocycles. The lowest BCUT2D eigenvalue weighted by Crippen LogP contribution is -2.48. The van der Waals surface area contributed by atoms with E-state index in [2.05, 4.69) is 9.97 Å². The van der Waals surface area contributed by atoms with Gasteiger partial charge in [-0.1, -0.05) is 30.3 Å². The first-order valence-corrected chi connectivity index (χ1v) is 10.4. The highest BCUT2D eigenvalue weighted by Crippen LogP contribution is 2.40. The second-order valence-corrected chi connectivity index (χ2v) is 8.12. The van der Waals surface area contributed by atoms with Gasteiger partial charge in [-0.3, -0.25) is 14.8 Å².